The first kappa shape index (κ1) is 12.9. The monoisotopic (exact) mass is 267 g/mol. The topological polar surface area (TPSA) is 26.0 Å². The number of hydrogen-bond donors (Lipinski definition) is 1. The summed E-state index contributed by atoms with van der Waals surface area (Å²) in [4.78, 5) is 1.37. The average molecular weight is 268 g/mol. The summed E-state index contributed by atoms with van der Waals surface area (Å²) >= 11 is 1.87. The van der Waals surface area contributed by atoms with E-state index >= 15 is 0 Å². The Labute approximate surface area is 112 Å². The molecule has 1 aliphatic carbocycles. The number of fused-ring (bicyclic) bond motifs is 1. The van der Waals surface area contributed by atoms with E-state index in [1.165, 1.54) is 40.6 Å². The molecule has 1 fully saturated rings. The molecule has 0 radical (unpaired) electrons. The van der Waals surface area contributed by atoms with Crippen molar-refractivity contribution in [2.45, 2.75) is 31.7 Å². The summed E-state index contributed by atoms with van der Waals surface area (Å²) in [6.07, 6.45) is 5.36. The molecular weight excluding hydrogens is 250 g/mol. The van der Waals surface area contributed by atoms with Crippen molar-refractivity contribution < 1.29 is 0 Å². The molecule has 0 saturated heterocycles. The normalized spacial score (nSPS) is 18.2. The van der Waals surface area contributed by atoms with Crippen molar-refractivity contribution in [2.75, 3.05) is 0 Å². The molecule has 2 aromatic rings. The molecule has 0 aliphatic heterocycles. The van der Waals surface area contributed by atoms with Gasteiger partial charge in [0.15, 0.2) is 0 Å². The van der Waals surface area contributed by atoms with Gasteiger partial charge in [-0.15, -0.1) is 23.7 Å². The molecule has 1 saturated carbocycles. The number of thiophene rings is 1. The molecule has 3 rings (SSSR count). The predicted molar refractivity (Wildman–Crippen MR) is 78.0 cm³/mol. The maximum absolute atomic E-state index is 6.37. The summed E-state index contributed by atoms with van der Waals surface area (Å²) in [6, 6.07) is 11.1. The van der Waals surface area contributed by atoms with Gasteiger partial charge in [-0.1, -0.05) is 31.0 Å². The zero-order valence-electron chi connectivity index (χ0n) is 9.76. The maximum Gasteiger partial charge on any atom is 0.0418 e. The van der Waals surface area contributed by atoms with Crippen LogP contribution in [0.3, 0.4) is 0 Å². The van der Waals surface area contributed by atoms with Crippen molar-refractivity contribution in [1.82, 2.24) is 0 Å². The third-order valence-corrected chi connectivity index (χ3v) is 4.90. The second-order valence-corrected chi connectivity index (χ2v) is 5.87. The summed E-state index contributed by atoms with van der Waals surface area (Å²) in [7, 11) is 0. The van der Waals surface area contributed by atoms with E-state index < -0.39 is 0 Å². The number of rotatable bonds is 2. The maximum atomic E-state index is 6.37. The third kappa shape index (κ3) is 2.49. The Hall–Kier alpha value is -0.570. The van der Waals surface area contributed by atoms with E-state index in [0.717, 1.165) is 0 Å². The van der Waals surface area contributed by atoms with Crippen molar-refractivity contribution in [3.63, 3.8) is 0 Å². The number of halogens is 1. The van der Waals surface area contributed by atoms with Gasteiger partial charge in [0, 0.05) is 15.6 Å². The van der Waals surface area contributed by atoms with Crippen LogP contribution in [0.5, 0.6) is 0 Å². The average Bonchev–Trinajstić information content (AvgIpc) is 2.97. The van der Waals surface area contributed by atoms with Crippen LogP contribution < -0.4 is 5.73 Å². The molecule has 1 aromatic carbocycles. The lowest BCUT2D eigenvalue weighted by atomic mass is 9.97. The van der Waals surface area contributed by atoms with Crippen LogP contribution in [-0.4, -0.2) is 0 Å². The second kappa shape index (κ2) is 5.38. The molecule has 0 spiro atoms. The SMILES string of the molecule is Cl.NC(c1cc2ccccc2s1)C1CCCC1. The van der Waals surface area contributed by atoms with Crippen LogP contribution in [-0.2, 0) is 0 Å². The lowest BCUT2D eigenvalue weighted by Gasteiger charge is -2.16. The third-order valence-electron chi connectivity index (χ3n) is 3.68. The highest BCUT2D eigenvalue weighted by Gasteiger charge is 2.24. The highest BCUT2D eigenvalue weighted by molar-refractivity contribution is 7.19. The van der Waals surface area contributed by atoms with Gasteiger partial charge in [-0.25, -0.2) is 0 Å². The summed E-state index contributed by atoms with van der Waals surface area (Å²) in [5.74, 6) is 0.716. The van der Waals surface area contributed by atoms with Crippen molar-refractivity contribution >= 4 is 33.8 Å². The Morgan fingerprint density at radius 3 is 2.59 bits per heavy atom. The van der Waals surface area contributed by atoms with Gasteiger partial charge >= 0.3 is 0 Å². The fourth-order valence-corrected chi connectivity index (χ4v) is 3.88. The van der Waals surface area contributed by atoms with Crippen LogP contribution >= 0.6 is 23.7 Å². The Balaban J connectivity index is 0.00000108. The molecule has 1 unspecified atom stereocenters. The summed E-state index contributed by atoms with van der Waals surface area (Å²) in [5.41, 5.74) is 6.37. The van der Waals surface area contributed by atoms with Gasteiger partial charge in [-0.3, -0.25) is 0 Å². The fraction of sp³-hybridized carbons (Fsp3) is 0.429. The van der Waals surface area contributed by atoms with Gasteiger partial charge in [-0.2, -0.15) is 0 Å². The lowest BCUT2D eigenvalue weighted by Crippen LogP contribution is -2.17. The molecule has 1 nitrogen and oxygen atoms in total. The Kier molecular flexibility index (Phi) is 4.08. The zero-order valence-corrected chi connectivity index (χ0v) is 11.4. The smallest absolute Gasteiger partial charge is 0.0418 e. The van der Waals surface area contributed by atoms with Gasteiger partial charge in [0.2, 0.25) is 0 Å². The van der Waals surface area contributed by atoms with Crippen molar-refractivity contribution in [3.8, 4) is 0 Å². The van der Waals surface area contributed by atoms with Crippen LogP contribution in [0.1, 0.15) is 36.6 Å². The Bertz CT molecular complexity index is 455. The van der Waals surface area contributed by atoms with Crippen LogP contribution in [0.25, 0.3) is 10.1 Å². The minimum atomic E-state index is 0. The van der Waals surface area contributed by atoms with Gasteiger partial charge in [0.05, 0.1) is 0 Å². The minimum Gasteiger partial charge on any atom is -0.323 e. The standard InChI is InChI=1S/C14H17NS.ClH/c15-14(10-5-1-2-6-10)13-9-11-7-3-4-8-12(11)16-13;/h3-4,7-10,14H,1-2,5-6,15H2;1H. The zero-order chi connectivity index (χ0) is 11.0. The summed E-state index contributed by atoms with van der Waals surface area (Å²) in [6.45, 7) is 0. The Morgan fingerprint density at radius 1 is 1.18 bits per heavy atom. The first-order chi connectivity index (χ1) is 7.84. The molecule has 2 N–H and O–H groups in total. The Morgan fingerprint density at radius 2 is 1.88 bits per heavy atom. The lowest BCUT2D eigenvalue weighted by molar-refractivity contribution is 0.450. The highest BCUT2D eigenvalue weighted by Crippen LogP contribution is 2.38. The van der Waals surface area contributed by atoms with E-state index in [1.807, 2.05) is 11.3 Å². The first-order valence-electron chi connectivity index (χ1n) is 6.08. The van der Waals surface area contributed by atoms with Crippen molar-refractivity contribution in [3.05, 3.63) is 35.2 Å². The van der Waals surface area contributed by atoms with Gasteiger partial charge in [0.25, 0.3) is 0 Å². The van der Waals surface area contributed by atoms with E-state index in [-0.39, 0.29) is 18.4 Å². The first-order valence-corrected chi connectivity index (χ1v) is 6.90. The number of hydrogen-bond acceptors (Lipinski definition) is 2. The molecule has 92 valence electrons. The van der Waals surface area contributed by atoms with Crippen LogP contribution in [0.2, 0.25) is 0 Å². The van der Waals surface area contributed by atoms with Crippen LogP contribution in [0.15, 0.2) is 30.3 Å². The molecule has 0 bridgehead atoms. The van der Waals surface area contributed by atoms with Crippen LogP contribution in [0, 0.1) is 5.92 Å². The minimum absolute atomic E-state index is 0. The molecule has 1 aromatic heterocycles. The van der Waals surface area contributed by atoms with E-state index in [4.69, 9.17) is 5.73 Å². The number of nitrogens with two attached hydrogens (primary N) is 1. The molecule has 1 atom stereocenters. The largest absolute Gasteiger partial charge is 0.323 e. The van der Waals surface area contributed by atoms with E-state index in [1.54, 1.807) is 0 Å². The molecule has 3 heteroatoms. The highest BCUT2D eigenvalue weighted by atomic mass is 35.5. The molecule has 17 heavy (non-hydrogen) atoms. The van der Waals surface area contributed by atoms with E-state index in [0.29, 0.717) is 5.92 Å². The molecule has 0 amide bonds. The van der Waals surface area contributed by atoms with E-state index in [9.17, 15) is 0 Å². The van der Waals surface area contributed by atoms with Gasteiger partial charge in [0.1, 0.15) is 0 Å². The number of benzene rings is 1. The van der Waals surface area contributed by atoms with Gasteiger partial charge < -0.3 is 5.73 Å². The summed E-state index contributed by atoms with van der Waals surface area (Å²) in [5, 5.41) is 1.34. The van der Waals surface area contributed by atoms with Crippen LogP contribution in [0.4, 0.5) is 0 Å². The van der Waals surface area contributed by atoms with Gasteiger partial charge in [-0.05, 0) is 36.3 Å². The second-order valence-electron chi connectivity index (χ2n) is 4.76. The van der Waals surface area contributed by atoms with E-state index in [2.05, 4.69) is 30.3 Å². The quantitative estimate of drug-likeness (QED) is 0.851. The fourth-order valence-electron chi connectivity index (χ4n) is 2.72. The molecule has 1 aliphatic rings. The van der Waals surface area contributed by atoms with Crippen molar-refractivity contribution in [2.24, 2.45) is 11.7 Å². The molecule has 1 heterocycles. The molecular formula is C14H18ClNS. The van der Waals surface area contributed by atoms with Crippen molar-refractivity contribution in [1.29, 1.82) is 0 Å². The predicted octanol–water partition coefficient (Wildman–Crippen LogP) is 4.51. The summed E-state index contributed by atoms with van der Waals surface area (Å²) < 4.78 is 1.37.